The molecule has 1 aromatic heterocycles. The second-order valence-electron chi connectivity index (χ2n) is 3.23. The number of aromatic amines is 1. The minimum Gasteiger partial charge on any atom is -0.385 e. The van der Waals surface area contributed by atoms with Crippen molar-refractivity contribution in [1.82, 2.24) is 15.3 Å². The third-order valence-electron chi connectivity index (χ3n) is 2.01. The molecule has 2 N–H and O–H groups in total. The first-order chi connectivity index (χ1) is 6.86. The lowest BCUT2D eigenvalue weighted by Gasteiger charge is -1.98. The van der Waals surface area contributed by atoms with Gasteiger partial charge in [-0.1, -0.05) is 6.92 Å². The highest BCUT2D eigenvalue weighted by molar-refractivity contribution is 5.00. The summed E-state index contributed by atoms with van der Waals surface area (Å²) in [6.45, 7) is 4.74. The average molecular weight is 197 g/mol. The summed E-state index contributed by atoms with van der Waals surface area (Å²) >= 11 is 0. The van der Waals surface area contributed by atoms with Crippen LogP contribution in [0.2, 0.25) is 0 Å². The number of imidazole rings is 1. The van der Waals surface area contributed by atoms with E-state index in [-0.39, 0.29) is 0 Å². The molecule has 80 valence electrons. The van der Waals surface area contributed by atoms with E-state index in [1.165, 1.54) is 0 Å². The zero-order chi connectivity index (χ0) is 10.2. The first kappa shape index (κ1) is 11.2. The van der Waals surface area contributed by atoms with Gasteiger partial charge in [0.1, 0.15) is 5.82 Å². The van der Waals surface area contributed by atoms with Gasteiger partial charge < -0.3 is 15.0 Å². The topological polar surface area (TPSA) is 49.9 Å². The quantitative estimate of drug-likeness (QED) is 0.643. The number of ether oxygens (including phenoxy) is 1. The molecule has 0 unspecified atom stereocenters. The van der Waals surface area contributed by atoms with Gasteiger partial charge in [-0.3, -0.25) is 0 Å². The average Bonchev–Trinajstić information content (AvgIpc) is 2.63. The number of nitrogens with zero attached hydrogens (tertiary/aromatic N) is 1. The van der Waals surface area contributed by atoms with E-state index in [1.54, 1.807) is 7.11 Å². The lowest BCUT2D eigenvalue weighted by Crippen LogP contribution is -2.11. The van der Waals surface area contributed by atoms with E-state index in [9.17, 15) is 0 Å². The van der Waals surface area contributed by atoms with E-state index < -0.39 is 0 Å². The zero-order valence-corrected chi connectivity index (χ0v) is 8.97. The number of rotatable bonds is 7. The highest BCUT2D eigenvalue weighted by Crippen LogP contribution is 2.00. The molecule has 0 amide bonds. The van der Waals surface area contributed by atoms with Crippen LogP contribution in [0.1, 0.15) is 24.9 Å². The maximum Gasteiger partial charge on any atom is 0.106 e. The van der Waals surface area contributed by atoms with Gasteiger partial charge >= 0.3 is 0 Å². The van der Waals surface area contributed by atoms with Gasteiger partial charge in [-0.05, 0) is 13.0 Å². The van der Waals surface area contributed by atoms with E-state index >= 15 is 0 Å². The highest BCUT2D eigenvalue weighted by Gasteiger charge is 1.99. The molecular formula is C10H19N3O. The number of hydrogen-bond donors (Lipinski definition) is 2. The van der Waals surface area contributed by atoms with Crippen LogP contribution in [-0.2, 0) is 17.7 Å². The molecule has 0 radical (unpaired) electrons. The molecule has 4 nitrogen and oxygen atoms in total. The number of nitrogens with one attached hydrogen (secondary N) is 2. The molecule has 1 aromatic rings. The Morgan fingerprint density at radius 2 is 2.43 bits per heavy atom. The van der Waals surface area contributed by atoms with Crippen molar-refractivity contribution in [1.29, 1.82) is 0 Å². The Hall–Kier alpha value is -0.870. The van der Waals surface area contributed by atoms with Gasteiger partial charge in [-0.2, -0.15) is 0 Å². The first-order valence-corrected chi connectivity index (χ1v) is 5.09. The van der Waals surface area contributed by atoms with Crippen LogP contribution in [0.4, 0.5) is 0 Å². The summed E-state index contributed by atoms with van der Waals surface area (Å²) in [5, 5.41) is 3.25. The summed E-state index contributed by atoms with van der Waals surface area (Å²) in [6, 6.07) is 0. The van der Waals surface area contributed by atoms with Crippen LogP contribution in [-0.4, -0.2) is 30.2 Å². The largest absolute Gasteiger partial charge is 0.385 e. The minimum absolute atomic E-state index is 0.795. The molecule has 0 fully saturated rings. The fraction of sp³-hybridized carbons (Fsp3) is 0.700. The van der Waals surface area contributed by atoms with Crippen LogP contribution >= 0.6 is 0 Å². The van der Waals surface area contributed by atoms with Gasteiger partial charge in [0, 0.05) is 38.6 Å². The predicted molar refractivity (Wildman–Crippen MR) is 56.2 cm³/mol. The van der Waals surface area contributed by atoms with Crippen molar-refractivity contribution >= 4 is 0 Å². The van der Waals surface area contributed by atoms with Gasteiger partial charge in [0.05, 0.1) is 0 Å². The van der Waals surface area contributed by atoms with Crippen molar-refractivity contribution in [2.45, 2.75) is 26.3 Å². The van der Waals surface area contributed by atoms with E-state index in [0.29, 0.717) is 0 Å². The standard InChI is InChI=1S/C10H19N3O/c1-3-11-7-9-8-12-10(13-9)5-4-6-14-2/h8,11H,3-7H2,1-2H3,(H,12,13). The van der Waals surface area contributed by atoms with Crippen LogP contribution < -0.4 is 5.32 Å². The SMILES string of the molecule is CCNCc1cnc(CCCOC)[nH]1. The van der Waals surface area contributed by atoms with Gasteiger partial charge in [-0.15, -0.1) is 0 Å². The summed E-state index contributed by atoms with van der Waals surface area (Å²) in [5.41, 5.74) is 1.15. The maximum absolute atomic E-state index is 4.98. The van der Waals surface area contributed by atoms with Crippen LogP contribution in [0.15, 0.2) is 6.20 Å². The minimum atomic E-state index is 0.795. The Bertz CT molecular complexity index is 247. The Kier molecular flexibility index (Phi) is 5.25. The number of methoxy groups -OCH3 is 1. The monoisotopic (exact) mass is 197 g/mol. The molecule has 14 heavy (non-hydrogen) atoms. The van der Waals surface area contributed by atoms with E-state index in [2.05, 4.69) is 22.2 Å². The number of aromatic nitrogens is 2. The molecule has 0 aliphatic heterocycles. The normalized spacial score (nSPS) is 10.7. The van der Waals surface area contributed by atoms with Gasteiger partial charge in [0.25, 0.3) is 0 Å². The Morgan fingerprint density at radius 3 is 3.14 bits per heavy atom. The molecule has 0 aliphatic carbocycles. The molecule has 1 heterocycles. The van der Waals surface area contributed by atoms with E-state index in [4.69, 9.17) is 4.74 Å². The second-order valence-corrected chi connectivity index (χ2v) is 3.23. The third kappa shape index (κ3) is 3.89. The number of aryl methyl sites for hydroxylation is 1. The van der Waals surface area contributed by atoms with Crippen molar-refractivity contribution in [2.24, 2.45) is 0 Å². The smallest absolute Gasteiger partial charge is 0.106 e. The predicted octanol–water partition coefficient (Wildman–Crippen LogP) is 1.10. The van der Waals surface area contributed by atoms with Crippen LogP contribution in [0.3, 0.4) is 0 Å². The lowest BCUT2D eigenvalue weighted by atomic mass is 10.3. The molecule has 0 aliphatic rings. The fourth-order valence-corrected chi connectivity index (χ4v) is 1.27. The third-order valence-corrected chi connectivity index (χ3v) is 2.01. The van der Waals surface area contributed by atoms with Crippen molar-refractivity contribution in [3.05, 3.63) is 17.7 Å². The summed E-state index contributed by atoms with van der Waals surface area (Å²) in [6.07, 6.45) is 3.87. The summed E-state index contributed by atoms with van der Waals surface area (Å²) in [5.74, 6) is 1.05. The molecule has 0 bridgehead atoms. The molecular weight excluding hydrogens is 178 g/mol. The zero-order valence-electron chi connectivity index (χ0n) is 8.97. The van der Waals surface area contributed by atoms with Gasteiger partial charge in [-0.25, -0.2) is 4.98 Å². The molecule has 0 aromatic carbocycles. The van der Waals surface area contributed by atoms with E-state index in [1.807, 2.05) is 6.20 Å². The fourth-order valence-electron chi connectivity index (χ4n) is 1.27. The van der Waals surface area contributed by atoms with Crippen molar-refractivity contribution in [3.63, 3.8) is 0 Å². The highest BCUT2D eigenvalue weighted by atomic mass is 16.5. The number of H-pyrrole nitrogens is 1. The molecule has 1 rings (SSSR count). The lowest BCUT2D eigenvalue weighted by molar-refractivity contribution is 0.194. The number of hydrogen-bond acceptors (Lipinski definition) is 3. The molecule has 0 atom stereocenters. The molecule has 0 spiro atoms. The summed E-state index contributed by atoms with van der Waals surface area (Å²) < 4.78 is 4.98. The van der Waals surface area contributed by atoms with Crippen LogP contribution in [0, 0.1) is 0 Å². The maximum atomic E-state index is 4.98. The van der Waals surface area contributed by atoms with E-state index in [0.717, 1.165) is 44.1 Å². The molecule has 0 saturated carbocycles. The molecule has 0 saturated heterocycles. The van der Waals surface area contributed by atoms with Gasteiger partial charge in [0.15, 0.2) is 0 Å². The Morgan fingerprint density at radius 1 is 1.57 bits per heavy atom. The Balaban J connectivity index is 2.27. The second kappa shape index (κ2) is 6.56. The molecule has 4 heteroatoms. The summed E-state index contributed by atoms with van der Waals surface area (Å²) in [7, 11) is 1.72. The van der Waals surface area contributed by atoms with Gasteiger partial charge in [0.2, 0.25) is 0 Å². The Labute approximate surface area is 85.1 Å². The van der Waals surface area contributed by atoms with Crippen molar-refractivity contribution in [2.75, 3.05) is 20.3 Å². The van der Waals surface area contributed by atoms with Crippen LogP contribution in [0.25, 0.3) is 0 Å². The van der Waals surface area contributed by atoms with Crippen molar-refractivity contribution < 1.29 is 4.74 Å². The summed E-state index contributed by atoms with van der Waals surface area (Å²) in [4.78, 5) is 7.57. The van der Waals surface area contributed by atoms with Crippen molar-refractivity contribution in [3.8, 4) is 0 Å². The van der Waals surface area contributed by atoms with Crippen LogP contribution in [0.5, 0.6) is 0 Å². The first-order valence-electron chi connectivity index (χ1n) is 5.09.